The first kappa shape index (κ1) is 20.1. The number of halogens is 1. The maximum atomic E-state index is 13.8. The maximum absolute atomic E-state index is 13.8. The molecule has 2 aliphatic rings. The van der Waals surface area contributed by atoms with Gasteiger partial charge in [0.2, 0.25) is 0 Å². The summed E-state index contributed by atoms with van der Waals surface area (Å²) in [5.41, 5.74) is 0.599. The van der Waals surface area contributed by atoms with E-state index in [0.29, 0.717) is 12.1 Å². The fraction of sp³-hybridized carbons (Fsp3) is 0.550. The Kier molecular flexibility index (Phi) is 5.86. The highest BCUT2D eigenvalue weighted by Gasteiger charge is 2.48. The average molecular weight is 389 g/mol. The summed E-state index contributed by atoms with van der Waals surface area (Å²) in [6.45, 7) is 8.14. The fourth-order valence-electron chi connectivity index (χ4n) is 3.84. The van der Waals surface area contributed by atoms with Crippen LogP contribution in [0.4, 0.5) is 9.18 Å². The summed E-state index contributed by atoms with van der Waals surface area (Å²) in [5, 5.41) is 8.40. The Balaban J connectivity index is 1.65. The van der Waals surface area contributed by atoms with E-state index in [1.807, 2.05) is 13.0 Å². The van der Waals surface area contributed by atoms with Crippen LogP contribution >= 0.6 is 0 Å². The number of aryl methyl sites for hydroxylation is 1. The number of urea groups is 1. The molecule has 1 unspecified atom stereocenters. The number of hydrogen-bond donors (Lipinski definition) is 3. The number of piperidine rings is 1. The molecule has 0 bridgehead atoms. The molecule has 0 aliphatic carbocycles. The molecule has 2 saturated heterocycles. The second-order valence-corrected chi connectivity index (χ2v) is 7.63. The minimum atomic E-state index is -0.849. The second-order valence-electron chi connectivity index (χ2n) is 7.63. The predicted molar refractivity (Wildman–Crippen MR) is 105 cm³/mol. The minimum Gasteiger partial charge on any atom is -0.357 e. The van der Waals surface area contributed by atoms with Crippen molar-refractivity contribution in [2.24, 2.45) is 10.9 Å². The molecular weight excluding hydrogens is 361 g/mol. The maximum Gasteiger partial charge on any atom is 0.322 e. The van der Waals surface area contributed by atoms with Crippen LogP contribution in [0.25, 0.3) is 0 Å². The Hall–Kier alpha value is -2.64. The van der Waals surface area contributed by atoms with Gasteiger partial charge in [0.25, 0.3) is 5.91 Å². The van der Waals surface area contributed by atoms with E-state index in [9.17, 15) is 14.0 Å². The summed E-state index contributed by atoms with van der Waals surface area (Å²) >= 11 is 0. The summed E-state index contributed by atoms with van der Waals surface area (Å²) in [6, 6.07) is 4.76. The van der Waals surface area contributed by atoms with Gasteiger partial charge in [0, 0.05) is 19.6 Å². The Morgan fingerprint density at radius 3 is 2.64 bits per heavy atom. The molecular formula is C20H28FN5O2. The lowest BCUT2D eigenvalue weighted by Gasteiger charge is -2.39. The van der Waals surface area contributed by atoms with Crippen LogP contribution in [0.5, 0.6) is 0 Å². The van der Waals surface area contributed by atoms with E-state index in [2.05, 4.69) is 25.8 Å². The van der Waals surface area contributed by atoms with Crippen LogP contribution in [0.2, 0.25) is 0 Å². The fourth-order valence-corrected chi connectivity index (χ4v) is 3.84. The summed E-state index contributed by atoms with van der Waals surface area (Å²) in [7, 11) is 0. The Labute approximate surface area is 164 Å². The molecule has 28 heavy (non-hydrogen) atoms. The molecule has 3 amide bonds. The topological polar surface area (TPSA) is 85.8 Å². The Morgan fingerprint density at radius 1 is 1.36 bits per heavy atom. The number of carbonyl (C=O) groups is 2. The van der Waals surface area contributed by atoms with Crippen LogP contribution in [-0.2, 0) is 11.3 Å². The summed E-state index contributed by atoms with van der Waals surface area (Å²) in [4.78, 5) is 30.5. The highest BCUT2D eigenvalue weighted by Crippen LogP contribution is 2.30. The van der Waals surface area contributed by atoms with E-state index in [4.69, 9.17) is 0 Å². The third-order valence-electron chi connectivity index (χ3n) is 5.67. The van der Waals surface area contributed by atoms with Gasteiger partial charge in [0.1, 0.15) is 11.4 Å². The van der Waals surface area contributed by atoms with Gasteiger partial charge in [0.15, 0.2) is 5.96 Å². The first-order valence-corrected chi connectivity index (χ1v) is 9.75. The van der Waals surface area contributed by atoms with Crippen molar-refractivity contribution in [3.63, 3.8) is 0 Å². The van der Waals surface area contributed by atoms with Crippen molar-refractivity contribution >= 4 is 17.9 Å². The Bertz CT molecular complexity index is 789. The van der Waals surface area contributed by atoms with Crippen LogP contribution in [-0.4, -0.2) is 48.0 Å². The molecule has 3 N–H and O–H groups in total. The van der Waals surface area contributed by atoms with Gasteiger partial charge in [-0.1, -0.05) is 12.1 Å². The first-order chi connectivity index (χ1) is 13.3. The van der Waals surface area contributed by atoms with Crippen LogP contribution in [0.1, 0.15) is 37.8 Å². The van der Waals surface area contributed by atoms with Crippen molar-refractivity contribution in [2.75, 3.05) is 19.6 Å². The molecule has 2 heterocycles. The predicted octanol–water partition coefficient (Wildman–Crippen LogP) is 1.91. The molecule has 2 fully saturated rings. The van der Waals surface area contributed by atoms with Crippen molar-refractivity contribution in [1.29, 1.82) is 0 Å². The first-order valence-electron chi connectivity index (χ1n) is 9.75. The van der Waals surface area contributed by atoms with Gasteiger partial charge >= 0.3 is 6.03 Å². The zero-order chi connectivity index (χ0) is 20.3. The van der Waals surface area contributed by atoms with E-state index < -0.39 is 11.6 Å². The molecule has 0 radical (unpaired) electrons. The lowest BCUT2D eigenvalue weighted by molar-refractivity contribution is -0.125. The molecule has 8 heteroatoms. The minimum absolute atomic E-state index is 0.0734. The number of aliphatic imine (C=N–C) groups is 1. The number of guanidine groups is 1. The van der Waals surface area contributed by atoms with Gasteiger partial charge in [0.05, 0.1) is 6.54 Å². The number of imide groups is 1. The Morgan fingerprint density at radius 2 is 2.07 bits per heavy atom. The SMILES string of the molecule is CCNC(=NCc1ccc(C)c(F)c1)N1CCC(C2(C)NC(=O)NC2=O)CC1. The molecule has 0 spiro atoms. The lowest BCUT2D eigenvalue weighted by atomic mass is 9.79. The summed E-state index contributed by atoms with van der Waals surface area (Å²) < 4.78 is 13.8. The summed E-state index contributed by atoms with van der Waals surface area (Å²) in [5.74, 6) is 0.387. The normalized spacial score (nSPS) is 23.6. The van der Waals surface area contributed by atoms with Crippen molar-refractivity contribution in [3.05, 3.63) is 35.1 Å². The molecule has 3 rings (SSSR count). The largest absolute Gasteiger partial charge is 0.357 e. The lowest BCUT2D eigenvalue weighted by Crippen LogP contribution is -2.55. The van der Waals surface area contributed by atoms with Gasteiger partial charge in [-0.05, 0) is 56.7 Å². The number of amides is 3. The highest BCUT2D eigenvalue weighted by molar-refractivity contribution is 6.07. The standard InChI is InChI=1S/C20H28FN5O2/c1-4-22-18(23-12-14-6-5-13(2)16(21)11-14)26-9-7-15(8-10-26)20(3)17(27)24-19(28)25-20/h5-6,11,15H,4,7-10,12H2,1-3H3,(H,22,23)(H2,24,25,27,28). The smallest absolute Gasteiger partial charge is 0.322 e. The van der Waals surface area contributed by atoms with Gasteiger partial charge in [-0.2, -0.15) is 0 Å². The highest BCUT2D eigenvalue weighted by atomic mass is 19.1. The summed E-state index contributed by atoms with van der Waals surface area (Å²) in [6.07, 6.45) is 1.54. The molecule has 7 nitrogen and oxygen atoms in total. The van der Waals surface area contributed by atoms with Crippen molar-refractivity contribution in [2.45, 2.75) is 45.7 Å². The molecule has 1 atom stereocenters. The van der Waals surface area contributed by atoms with Crippen molar-refractivity contribution < 1.29 is 14.0 Å². The van der Waals surface area contributed by atoms with Gasteiger partial charge in [-0.15, -0.1) is 0 Å². The van der Waals surface area contributed by atoms with E-state index in [1.54, 1.807) is 19.9 Å². The molecule has 0 aromatic heterocycles. The number of hydrogen-bond acceptors (Lipinski definition) is 3. The van der Waals surface area contributed by atoms with Gasteiger partial charge in [-0.3, -0.25) is 10.1 Å². The van der Waals surface area contributed by atoms with E-state index in [-0.39, 0.29) is 17.6 Å². The van der Waals surface area contributed by atoms with Crippen molar-refractivity contribution in [3.8, 4) is 0 Å². The average Bonchev–Trinajstić information content (AvgIpc) is 2.94. The molecule has 1 aromatic carbocycles. The number of likely N-dealkylation sites (tertiary alicyclic amines) is 1. The quantitative estimate of drug-likeness (QED) is 0.417. The van der Waals surface area contributed by atoms with Crippen LogP contribution in [0.3, 0.4) is 0 Å². The van der Waals surface area contributed by atoms with E-state index in [1.165, 1.54) is 6.07 Å². The number of nitrogens with zero attached hydrogens (tertiary/aromatic N) is 2. The second kappa shape index (κ2) is 8.16. The molecule has 1 aromatic rings. The van der Waals surface area contributed by atoms with Crippen LogP contribution in [0.15, 0.2) is 23.2 Å². The third kappa shape index (κ3) is 4.10. The van der Waals surface area contributed by atoms with Crippen LogP contribution < -0.4 is 16.0 Å². The number of rotatable bonds is 4. The number of carbonyl (C=O) groups excluding carboxylic acids is 2. The van der Waals surface area contributed by atoms with Gasteiger partial charge in [-0.25, -0.2) is 14.2 Å². The molecule has 2 aliphatic heterocycles. The third-order valence-corrected chi connectivity index (χ3v) is 5.67. The van der Waals surface area contributed by atoms with E-state index >= 15 is 0 Å². The van der Waals surface area contributed by atoms with Crippen LogP contribution in [0, 0.1) is 18.7 Å². The zero-order valence-corrected chi connectivity index (χ0v) is 16.6. The number of benzene rings is 1. The number of nitrogens with one attached hydrogen (secondary N) is 3. The zero-order valence-electron chi connectivity index (χ0n) is 16.6. The monoisotopic (exact) mass is 389 g/mol. The molecule has 152 valence electrons. The van der Waals surface area contributed by atoms with Crippen molar-refractivity contribution in [1.82, 2.24) is 20.9 Å². The van der Waals surface area contributed by atoms with Gasteiger partial charge < -0.3 is 15.5 Å². The molecule has 0 saturated carbocycles. The van der Waals surface area contributed by atoms with E-state index in [0.717, 1.165) is 44.0 Å².